The molecule has 1 aromatic rings. The van der Waals surface area contributed by atoms with Crippen molar-refractivity contribution in [3.05, 3.63) is 28.5 Å². The Morgan fingerprint density at radius 1 is 1.17 bits per heavy atom. The smallest absolute Gasteiger partial charge is 0.318 e. The van der Waals surface area contributed by atoms with E-state index in [2.05, 4.69) is 15.9 Å². The van der Waals surface area contributed by atoms with Gasteiger partial charge in [0.25, 0.3) is 0 Å². The summed E-state index contributed by atoms with van der Waals surface area (Å²) in [6, 6.07) is 2.85. The summed E-state index contributed by atoms with van der Waals surface area (Å²) in [5.74, 6) is -9.38. The number of hydrogen-bond acceptors (Lipinski definition) is 1. The molecule has 0 spiro atoms. The van der Waals surface area contributed by atoms with Gasteiger partial charge in [-0.1, -0.05) is 15.9 Å². The van der Waals surface area contributed by atoms with E-state index in [1.165, 1.54) is 11.4 Å². The summed E-state index contributed by atoms with van der Waals surface area (Å²) in [5, 5.41) is 1.18. The second kappa shape index (κ2) is 4.79. The molecule has 0 heterocycles. The Labute approximate surface area is 105 Å². The van der Waals surface area contributed by atoms with Crippen molar-refractivity contribution < 1.29 is 31.1 Å². The average molecular weight is 336 g/mol. The molecule has 0 atom stereocenters. The van der Waals surface area contributed by atoms with Crippen LogP contribution in [0.3, 0.4) is 0 Å². The van der Waals surface area contributed by atoms with Gasteiger partial charge in [-0.3, -0.25) is 4.79 Å². The predicted octanol–water partition coefficient (Wildman–Crippen LogP) is 3.72. The Kier molecular flexibility index (Phi) is 3.94. The molecule has 1 N–H and O–H groups in total. The van der Waals surface area contributed by atoms with Gasteiger partial charge in [-0.2, -0.15) is 22.0 Å². The van der Waals surface area contributed by atoms with Crippen molar-refractivity contribution in [3.8, 4) is 0 Å². The van der Waals surface area contributed by atoms with Crippen LogP contribution in [0.15, 0.2) is 22.7 Å². The monoisotopic (exact) mass is 335 g/mol. The number of benzene rings is 1. The van der Waals surface area contributed by atoms with Gasteiger partial charge in [-0.15, -0.1) is 0 Å². The van der Waals surface area contributed by atoms with E-state index in [9.17, 15) is 31.1 Å². The quantitative estimate of drug-likeness (QED) is 0.820. The Bertz CT molecular complexity index is 473. The van der Waals surface area contributed by atoms with E-state index >= 15 is 0 Å². The third-order valence-electron chi connectivity index (χ3n) is 1.82. The fourth-order valence-corrected chi connectivity index (χ4v) is 1.28. The van der Waals surface area contributed by atoms with E-state index in [1.807, 2.05) is 0 Å². The molecule has 0 saturated carbocycles. The minimum atomic E-state index is -6.04. The number of halogens is 7. The van der Waals surface area contributed by atoms with Crippen molar-refractivity contribution in [3.63, 3.8) is 0 Å². The van der Waals surface area contributed by atoms with Crippen LogP contribution in [0.4, 0.5) is 32.0 Å². The fourth-order valence-electron chi connectivity index (χ4n) is 0.923. The minimum absolute atomic E-state index is 0.203. The average Bonchev–Trinajstić information content (AvgIpc) is 2.21. The number of carbonyl (C=O) groups is 1. The van der Waals surface area contributed by atoms with E-state index in [-0.39, 0.29) is 4.47 Å². The largest absolute Gasteiger partial charge is 0.463 e. The van der Waals surface area contributed by atoms with Gasteiger partial charge in [0, 0.05) is 4.47 Å². The summed E-state index contributed by atoms with van der Waals surface area (Å²) >= 11 is 2.85. The first-order valence-corrected chi connectivity index (χ1v) is 5.06. The summed E-state index contributed by atoms with van der Waals surface area (Å²) in [4.78, 5) is 10.8. The highest BCUT2D eigenvalue weighted by atomic mass is 79.9. The molecule has 0 aliphatic carbocycles. The minimum Gasteiger partial charge on any atom is -0.318 e. The van der Waals surface area contributed by atoms with Crippen LogP contribution in [0.1, 0.15) is 0 Å². The zero-order valence-electron chi connectivity index (χ0n) is 8.29. The number of hydrogen-bond donors (Lipinski definition) is 1. The van der Waals surface area contributed by atoms with Crippen molar-refractivity contribution in [2.24, 2.45) is 0 Å². The lowest BCUT2D eigenvalue weighted by Gasteiger charge is -2.18. The van der Waals surface area contributed by atoms with Crippen LogP contribution in [0.2, 0.25) is 0 Å². The molecule has 0 bridgehead atoms. The molecule has 0 fully saturated rings. The molecule has 9 heteroatoms. The van der Waals surface area contributed by atoms with Crippen molar-refractivity contribution in [1.82, 2.24) is 0 Å². The summed E-state index contributed by atoms with van der Waals surface area (Å²) in [6.45, 7) is 0. The first kappa shape index (κ1) is 14.8. The first-order valence-electron chi connectivity index (χ1n) is 4.27. The lowest BCUT2D eigenvalue weighted by atomic mass is 10.2. The molecule has 0 aliphatic heterocycles. The molecule has 0 saturated heterocycles. The van der Waals surface area contributed by atoms with Gasteiger partial charge in [0.2, 0.25) is 0 Å². The molecule has 2 nitrogen and oxygen atoms in total. The van der Waals surface area contributed by atoms with Crippen molar-refractivity contribution in [2.45, 2.75) is 12.1 Å². The SMILES string of the molecule is O=C(Nc1cc(Br)ccc1F)C(F)(F)C(F)(F)F. The fraction of sp³-hybridized carbons (Fsp3) is 0.222. The highest BCUT2D eigenvalue weighted by Gasteiger charge is 2.63. The van der Waals surface area contributed by atoms with Crippen LogP contribution in [0, 0.1) is 5.82 Å². The Balaban J connectivity index is 2.98. The summed E-state index contributed by atoms with van der Waals surface area (Å²) in [6.07, 6.45) is -6.04. The van der Waals surface area contributed by atoms with Crippen molar-refractivity contribution >= 4 is 27.5 Å². The normalized spacial score (nSPS) is 12.4. The molecular weight excluding hydrogens is 332 g/mol. The van der Waals surface area contributed by atoms with E-state index in [1.54, 1.807) is 0 Å². The van der Waals surface area contributed by atoms with Gasteiger partial charge in [0.15, 0.2) is 0 Å². The lowest BCUT2D eigenvalue weighted by Crippen LogP contribution is -2.47. The highest BCUT2D eigenvalue weighted by Crippen LogP contribution is 2.36. The van der Waals surface area contributed by atoms with Gasteiger partial charge in [-0.25, -0.2) is 4.39 Å². The maximum absolute atomic E-state index is 13.1. The predicted molar refractivity (Wildman–Crippen MR) is 53.7 cm³/mol. The van der Waals surface area contributed by atoms with E-state index < -0.39 is 29.5 Å². The topological polar surface area (TPSA) is 29.1 Å². The number of rotatable bonds is 2. The molecule has 18 heavy (non-hydrogen) atoms. The van der Waals surface area contributed by atoms with Crippen LogP contribution in [0.25, 0.3) is 0 Å². The number of amides is 1. The number of nitrogens with one attached hydrogen (secondary N) is 1. The molecular formula is C9H4BrF6NO. The Morgan fingerprint density at radius 3 is 2.22 bits per heavy atom. The van der Waals surface area contributed by atoms with Crippen LogP contribution in [-0.2, 0) is 4.79 Å². The van der Waals surface area contributed by atoms with E-state index in [4.69, 9.17) is 0 Å². The molecule has 0 unspecified atom stereocenters. The Morgan fingerprint density at radius 2 is 1.72 bits per heavy atom. The van der Waals surface area contributed by atoms with Crippen LogP contribution < -0.4 is 5.32 Å². The zero-order chi connectivity index (χ0) is 14.1. The molecule has 0 radical (unpaired) electrons. The lowest BCUT2D eigenvalue weighted by molar-refractivity contribution is -0.267. The van der Waals surface area contributed by atoms with E-state index in [0.717, 1.165) is 12.1 Å². The molecule has 100 valence electrons. The number of anilines is 1. The summed E-state index contributed by atoms with van der Waals surface area (Å²) in [7, 11) is 0. The van der Waals surface area contributed by atoms with Gasteiger partial charge in [-0.05, 0) is 18.2 Å². The van der Waals surface area contributed by atoms with E-state index in [0.29, 0.717) is 0 Å². The molecule has 1 amide bonds. The van der Waals surface area contributed by atoms with Crippen LogP contribution >= 0.6 is 15.9 Å². The third kappa shape index (κ3) is 2.95. The van der Waals surface area contributed by atoms with Gasteiger partial charge in [0.05, 0.1) is 5.69 Å². The maximum atomic E-state index is 13.1. The Hall–Kier alpha value is -1.25. The van der Waals surface area contributed by atoms with Gasteiger partial charge in [0.1, 0.15) is 5.82 Å². The van der Waals surface area contributed by atoms with Gasteiger partial charge < -0.3 is 5.32 Å². The standard InChI is InChI=1S/C9H4BrF6NO/c10-4-1-2-5(11)6(3-4)17-7(18)8(12,13)9(14,15)16/h1-3H,(H,17,18). The molecule has 1 aromatic carbocycles. The van der Waals surface area contributed by atoms with Gasteiger partial charge >= 0.3 is 18.0 Å². The van der Waals surface area contributed by atoms with Crippen LogP contribution in [-0.4, -0.2) is 18.0 Å². The first-order chi connectivity index (χ1) is 8.05. The highest BCUT2D eigenvalue weighted by molar-refractivity contribution is 9.10. The number of alkyl halides is 5. The van der Waals surface area contributed by atoms with Crippen molar-refractivity contribution in [1.29, 1.82) is 0 Å². The van der Waals surface area contributed by atoms with Crippen molar-refractivity contribution in [2.75, 3.05) is 5.32 Å². The molecule has 1 rings (SSSR count). The second-order valence-corrected chi connectivity index (χ2v) is 4.07. The number of carbonyl (C=O) groups excluding carboxylic acids is 1. The second-order valence-electron chi connectivity index (χ2n) is 3.15. The zero-order valence-corrected chi connectivity index (χ0v) is 9.87. The molecule has 0 aliphatic rings. The maximum Gasteiger partial charge on any atom is 0.463 e. The summed E-state index contributed by atoms with van der Waals surface area (Å²) < 4.78 is 74.0. The van der Waals surface area contributed by atoms with Crippen LogP contribution in [0.5, 0.6) is 0 Å². The third-order valence-corrected chi connectivity index (χ3v) is 2.31. The molecule has 0 aromatic heterocycles. The summed E-state index contributed by atoms with van der Waals surface area (Å²) in [5.41, 5.74) is -0.779.